The Labute approximate surface area is 156 Å². The first-order chi connectivity index (χ1) is 12.2. The zero-order valence-corrected chi connectivity index (χ0v) is 16.6. The van der Waals surface area contributed by atoms with Crippen LogP contribution in [0.25, 0.3) is 0 Å². The Balaban J connectivity index is 1.96. The maximum atomic E-state index is 12.6. The Bertz CT molecular complexity index is 700. The topological polar surface area (TPSA) is 105 Å². The molecule has 1 fully saturated rings. The average Bonchev–Trinajstić information content (AvgIpc) is 2.62. The highest BCUT2D eigenvalue weighted by Gasteiger charge is 2.34. The highest BCUT2D eigenvalue weighted by molar-refractivity contribution is 7.89. The van der Waals surface area contributed by atoms with E-state index in [-0.39, 0.29) is 16.7 Å². The summed E-state index contributed by atoms with van der Waals surface area (Å²) in [6.45, 7) is 7.21. The SMILES string of the molecule is CC(C)CC(C)(CN)NC(=O)C1CCN(S(=O)(=O)c2cccnc2)CC1. The minimum atomic E-state index is -3.55. The van der Waals surface area contributed by atoms with Crippen molar-refractivity contribution in [3.05, 3.63) is 24.5 Å². The van der Waals surface area contributed by atoms with Crippen LogP contribution in [0.5, 0.6) is 0 Å². The molecule has 26 heavy (non-hydrogen) atoms. The molecule has 1 aromatic heterocycles. The van der Waals surface area contributed by atoms with E-state index in [1.54, 1.807) is 18.3 Å². The van der Waals surface area contributed by atoms with Gasteiger partial charge in [0.1, 0.15) is 4.90 Å². The van der Waals surface area contributed by atoms with Crippen LogP contribution in [0, 0.1) is 11.8 Å². The maximum absolute atomic E-state index is 12.6. The molecule has 1 amide bonds. The fourth-order valence-electron chi connectivity index (χ4n) is 3.49. The number of nitrogens with one attached hydrogen (secondary N) is 1. The van der Waals surface area contributed by atoms with Gasteiger partial charge in [-0.15, -0.1) is 0 Å². The summed E-state index contributed by atoms with van der Waals surface area (Å²) < 4.78 is 26.7. The summed E-state index contributed by atoms with van der Waals surface area (Å²) in [6, 6.07) is 3.15. The number of amides is 1. The molecule has 1 aliphatic rings. The lowest BCUT2D eigenvalue weighted by molar-refractivity contribution is -0.128. The van der Waals surface area contributed by atoms with Gasteiger partial charge < -0.3 is 11.1 Å². The third-order valence-electron chi connectivity index (χ3n) is 4.83. The van der Waals surface area contributed by atoms with Gasteiger partial charge in [0.25, 0.3) is 0 Å². The number of hydrogen-bond donors (Lipinski definition) is 2. The molecule has 2 heterocycles. The van der Waals surface area contributed by atoms with Crippen molar-refractivity contribution < 1.29 is 13.2 Å². The molecule has 1 aromatic rings. The fourth-order valence-corrected chi connectivity index (χ4v) is 4.93. The molecule has 3 N–H and O–H groups in total. The van der Waals surface area contributed by atoms with E-state index in [0.29, 0.717) is 38.4 Å². The molecule has 7 nitrogen and oxygen atoms in total. The third-order valence-corrected chi connectivity index (χ3v) is 6.71. The molecule has 0 spiro atoms. The van der Waals surface area contributed by atoms with Crippen LogP contribution in [0.1, 0.15) is 40.0 Å². The predicted molar refractivity (Wildman–Crippen MR) is 101 cm³/mol. The molecule has 8 heteroatoms. The highest BCUT2D eigenvalue weighted by atomic mass is 32.2. The largest absolute Gasteiger partial charge is 0.349 e. The maximum Gasteiger partial charge on any atom is 0.244 e. The molecule has 1 saturated heterocycles. The molecular formula is C18H30N4O3S. The second-order valence-corrected chi connectivity index (χ2v) is 9.66. The number of pyridine rings is 1. The summed E-state index contributed by atoms with van der Waals surface area (Å²) in [5.74, 6) is 0.209. The Morgan fingerprint density at radius 1 is 1.42 bits per heavy atom. The average molecular weight is 383 g/mol. The van der Waals surface area contributed by atoms with Crippen LogP contribution < -0.4 is 11.1 Å². The van der Waals surface area contributed by atoms with E-state index in [1.165, 1.54) is 10.5 Å². The van der Waals surface area contributed by atoms with E-state index in [4.69, 9.17) is 5.73 Å². The smallest absolute Gasteiger partial charge is 0.244 e. The van der Waals surface area contributed by atoms with Gasteiger partial charge in [-0.1, -0.05) is 13.8 Å². The van der Waals surface area contributed by atoms with Crippen LogP contribution >= 0.6 is 0 Å². The summed E-state index contributed by atoms with van der Waals surface area (Å²) in [5.41, 5.74) is 5.44. The van der Waals surface area contributed by atoms with Crippen LogP contribution in [-0.4, -0.2) is 48.8 Å². The van der Waals surface area contributed by atoms with Crippen LogP contribution in [0.2, 0.25) is 0 Å². The molecule has 0 bridgehead atoms. The second-order valence-electron chi connectivity index (χ2n) is 7.72. The molecule has 0 saturated carbocycles. The van der Waals surface area contributed by atoms with Gasteiger partial charge in [-0.05, 0) is 44.2 Å². The van der Waals surface area contributed by atoms with Gasteiger partial charge >= 0.3 is 0 Å². The van der Waals surface area contributed by atoms with Crippen molar-refractivity contribution in [3.8, 4) is 0 Å². The van der Waals surface area contributed by atoms with Crippen molar-refractivity contribution in [2.75, 3.05) is 19.6 Å². The molecular weight excluding hydrogens is 352 g/mol. The number of nitrogens with zero attached hydrogens (tertiary/aromatic N) is 2. The summed E-state index contributed by atoms with van der Waals surface area (Å²) in [5, 5.41) is 3.09. The second kappa shape index (κ2) is 8.45. The predicted octanol–water partition coefficient (Wildman–Crippen LogP) is 1.36. The van der Waals surface area contributed by atoms with E-state index < -0.39 is 15.6 Å². The van der Waals surface area contributed by atoms with E-state index in [2.05, 4.69) is 24.1 Å². The summed E-state index contributed by atoms with van der Waals surface area (Å²) >= 11 is 0. The normalized spacial score (nSPS) is 19.3. The minimum absolute atomic E-state index is 0.0305. The lowest BCUT2D eigenvalue weighted by atomic mass is 9.89. The lowest BCUT2D eigenvalue weighted by Crippen LogP contribution is -2.54. The highest BCUT2D eigenvalue weighted by Crippen LogP contribution is 2.25. The molecule has 0 aromatic carbocycles. The van der Waals surface area contributed by atoms with Crippen molar-refractivity contribution in [1.29, 1.82) is 0 Å². The first kappa shape index (κ1) is 20.8. The van der Waals surface area contributed by atoms with Crippen LogP contribution in [0.15, 0.2) is 29.4 Å². The number of piperidine rings is 1. The molecule has 146 valence electrons. The zero-order chi connectivity index (χ0) is 19.4. The number of hydrogen-bond acceptors (Lipinski definition) is 5. The molecule has 0 aliphatic carbocycles. The number of carbonyl (C=O) groups excluding carboxylic acids is 1. The van der Waals surface area contributed by atoms with Crippen LogP contribution in [0.3, 0.4) is 0 Å². The van der Waals surface area contributed by atoms with Crippen molar-refractivity contribution in [2.24, 2.45) is 17.6 Å². The van der Waals surface area contributed by atoms with Gasteiger partial charge in [0.15, 0.2) is 0 Å². The van der Waals surface area contributed by atoms with Gasteiger partial charge in [0.05, 0.1) is 0 Å². The first-order valence-electron chi connectivity index (χ1n) is 9.10. The molecule has 0 radical (unpaired) electrons. The number of sulfonamides is 1. The van der Waals surface area contributed by atoms with Crippen molar-refractivity contribution in [3.63, 3.8) is 0 Å². The quantitative estimate of drug-likeness (QED) is 0.741. The Morgan fingerprint density at radius 3 is 2.58 bits per heavy atom. The van der Waals surface area contributed by atoms with Crippen molar-refractivity contribution >= 4 is 15.9 Å². The Morgan fingerprint density at radius 2 is 2.08 bits per heavy atom. The van der Waals surface area contributed by atoms with Gasteiger partial charge in [0.2, 0.25) is 15.9 Å². The van der Waals surface area contributed by atoms with Gasteiger partial charge in [-0.3, -0.25) is 9.78 Å². The van der Waals surface area contributed by atoms with E-state index in [0.717, 1.165) is 6.42 Å². The van der Waals surface area contributed by atoms with E-state index >= 15 is 0 Å². The van der Waals surface area contributed by atoms with Crippen molar-refractivity contribution in [2.45, 2.75) is 50.5 Å². The summed E-state index contributed by atoms with van der Waals surface area (Å²) in [6.07, 6.45) is 4.72. The van der Waals surface area contributed by atoms with Gasteiger partial charge in [-0.2, -0.15) is 4.31 Å². The first-order valence-corrected chi connectivity index (χ1v) is 10.5. The third kappa shape index (κ3) is 5.02. The summed E-state index contributed by atoms with van der Waals surface area (Å²) in [4.78, 5) is 16.7. The fraction of sp³-hybridized carbons (Fsp3) is 0.667. The number of nitrogens with two attached hydrogens (primary N) is 1. The number of rotatable bonds is 7. The van der Waals surface area contributed by atoms with E-state index in [1.807, 2.05) is 6.92 Å². The van der Waals surface area contributed by atoms with Gasteiger partial charge in [0, 0.05) is 43.5 Å². The van der Waals surface area contributed by atoms with Crippen molar-refractivity contribution in [1.82, 2.24) is 14.6 Å². The number of aromatic nitrogens is 1. The Kier molecular flexibility index (Phi) is 6.76. The monoisotopic (exact) mass is 382 g/mol. The molecule has 1 unspecified atom stereocenters. The minimum Gasteiger partial charge on any atom is -0.349 e. The van der Waals surface area contributed by atoms with Crippen LogP contribution in [0.4, 0.5) is 0 Å². The molecule has 2 rings (SSSR count). The number of carbonyl (C=O) groups is 1. The molecule has 1 atom stereocenters. The van der Waals surface area contributed by atoms with Gasteiger partial charge in [-0.25, -0.2) is 8.42 Å². The molecule has 1 aliphatic heterocycles. The standard InChI is InChI=1S/C18H30N4O3S/c1-14(2)11-18(3,13-19)21-17(23)15-6-9-22(10-7-15)26(24,25)16-5-4-8-20-12-16/h4-5,8,12,14-15H,6-7,9-11,13,19H2,1-3H3,(H,21,23). The lowest BCUT2D eigenvalue weighted by Gasteiger charge is -2.35. The zero-order valence-electron chi connectivity index (χ0n) is 15.8. The summed E-state index contributed by atoms with van der Waals surface area (Å²) in [7, 11) is -3.55. The van der Waals surface area contributed by atoms with Crippen LogP contribution in [-0.2, 0) is 14.8 Å². The van der Waals surface area contributed by atoms with E-state index in [9.17, 15) is 13.2 Å². The Hall–Kier alpha value is -1.51.